The highest BCUT2D eigenvalue weighted by molar-refractivity contribution is 5.67. The van der Waals surface area contributed by atoms with Crippen molar-refractivity contribution < 1.29 is 14.6 Å². The van der Waals surface area contributed by atoms with Gasteiger partial charge in [0.2, 0.25) is 0 Å². The van der Waals surface area contributed by atoms with Gasteiger partial charge in [-0.15, -0.1) is 0 Å². The quantitative estimate of drug-likeness (QED) is 0.633. The average Bonchev–Trinajstić information content (AvgIpc) is 1.82. The lowest BCUT2D eigenvalue weighted by Gasteiger charge is -2.09. The van der Waals surface area contributed by atoms with Crippen molar-refractivity contribution in [1.82, 2.24) is 5.32 Å². The Morgan fingerprint density at radius 3 is 2.45 bits per heavy atom. The number of alkyl carbamates (subject to hydrolysis) is 1. The van der Waals surface area contributed by atoms with Gasteiger partial charge in [-0.25, -0.2) is 4.79 Å². The number of aliphatic hydroxyl groups excluding tert-OH is 1. The maximum atomic E-state index is 10.7. The van der Waals surface area contributed by atoms with Gasteiger partial charge in [0.1, 0.15) is 6.61 Å². The van der Waals surface area contributed by atoms with E-state index in [0.29, 0.717) is 0 Å². The fraction of sp³-hybridized carbons (Fsp3) is 0.857. The number of hydrogen-bond acceptors (Lipinski definition) is 3. The Morgan fingerprint density at radius 1 is 1.55 bits per heavy atom. The van der Waals surface area contributed by atoms with E-state index in [-0.39, 0.29) is 12.6 Å². The fourth-order valence-electron chi connectivity index (χ4n) is 0.474. The molecular weight excluding hydrogens is 146 g/mol. The van der Waals surface area contributed by atoms with Gasteiger partial charge in [-0.2, -0.15) is 0 Å². The van der Waals surface area contributed by atoms with Crippen LogP contribution in [0, 0.1) is 0 Å². The standard InChI is InChI=1S/C7H15NO3/c1-5(2)8-7(10)11-4-6(3)9/h5-6,9H,4H2,1-3H3,(H,8,10). The van der Waals surface area contributed by atoms with Crippen LogP contribution in [0.2, 0.25) is 0 Å². The average molecular weight is 161 g/mol. The molecule has 0 aliphatic rings. The molecule has 0 fully saturated rings. The number of rotatable bonds is 3. The molecule has 0 aromatic heterocycles. The van der Waals surface area contributed by atoms with Gasteiger partial charge in [0.05, 0.1) is 6.10 Å². The first-order chi connectivity index (χ1) is 5.02. The molecule has 0 rings (SSSR count). The second kappa shape index (κ2) is 4.96. The Labute approximate surface area is 66.5 Å². The van der Waals surface area contributed by atoms with Crippen LogP contribution in [-0.4, -0.2) is 30.0 Å². The van der Waals surface area contributed by atoms with Crippen molar-refractivity contribution in [3.63, 3.8) is 0 Å². The van der Waals surface area contributed by atoms with Crippen molar-refractivity contribution in [2.45, 2.75) is 32.9 Å². The molecule has 2 N–H and O–H groups in total. The van der Waals surface area contributed by atoms with Gasteiger partial charge in [-0.1, -0.05) is 0 Å². The lowest BCUT2D eigenvalue weighted by Crippen LogP contribution is -2.32. The van der Waals surface area contributed by atoms with Crippen LogP contribution in [0.1, 0.15) is 20.8 Å². The summed E-state index contributed by atoms with van der Waals surface area (Å²) in [5, 5.41) is 11.3. The molecule has 0 saturated carbocycles. The predicted octanol–water partition coefficient (Wildman–Crippen LogP) is 0.502. The first-order valence-electron chi connectivity index (χ1n) is 3.63. The van der Waals surface area contributed by atoms with Crippen LogP contribution >= 0.6 is 0 Å². The maximum Gasteiger partial charge on any atom is 0.407 e. The second-order valence-corrected chi connectivity index (χ2v) is 2.75. The maximum absolute atomic E-state index is 10.7. The Hall–Kier alpha value is -0.770. The number of nitrogens with one attached hydrogen (secondary N) is 1. The third-order valence-corrected chi connectivity index (χ3v) is 0.862. The van der Waals surface area contributed by atoms with E-state index < -0.39 is 12.2 Å². The largest absolute Gasteiger partial charge is 0.447 e. The van der Waals surface area contributed by atoms with E-state index in [2.05, 4.69) is 10.1 Å². The minimum absolute atomic E-state index is 0.0402. The summed E-state index contributed by atoms with van der Waals surface area (Å²) in [5.41, 5.74) is 0. The molecule has 11 heavy (non-hydrogen) atoms. The first-order valence-corrected chi connectivity index (χ1v) is 3.63. The van der Waals surface area contributed by atoms with E-state index in [4.69, 9.17) is 5.11 Å². The van der Waals surface area contributed by atoms with Crippen LogP contribution in [0.3, 0.4) is 0 Å². The topological polar surface area (TPSA) is 58.6 Å². The van der Waals surface area contributed by atoms with E-state index in [9.17, 15) is 4.79 Å². The summed E-state index contributed by atoms with van der Waals surface area (Å²) in [5.74, 6) is 0. The number of amides is 1. The zero-order valence-corrected chi connectivity index (χ0v) is 7.13. The Balaban J connectivity index is 3.38. The number of ether oxygens (including phenoxy) is 1. The Kier molecular flexibility index (Phi) is 4.61. The van der Waals surface area contributed by atoms with E-state index in [1.165, 1.54) is 0 Å². The second-order valence-electron chi connectivity index (χ2n) is 2.75. The van der Waals surface area contributed by atoms with Gasteiger partial charge in [0.25, 0.3) is 0 Å². The van der Waals surface area contributed by atoms with Gasteiger partial charge in [0, 0.05) is 6.04 Å². The van der Waals surface area contributed by atoms with E-state index in [1.807, 2.05) is 13.8 Å². The molecule has 0 aliphatic carbocycles. The minimum Gasteiger partial charge on any atom is -0.447 e. The van der Waals surface area contributed by atoms with E-state index in [0.717, 1.165) is 0 Å². The highest BCUT2D eigenvalue weighted by Crippen LogP contribution is 1.85. The molecule has 0 bridgehead atoms. The summed E-state index contributed by atoms with van der Waals surface area (Å²) in [6.45, 7) is 5.27. The van der Waals surface area contributed by atoms with E-state index >= 15 is 0 Å². The van der Waals surface area contributed by atoms with Crippen molar-refractivity contribution in [1.29, 1.82) is 0 Å². The Morgan fingerprint density at radius 2 is 2.09 bits per heavy atom. The van der Waals surface area contributed by atoms with Crippen molar-refractivity contribution in [2.24, 2.45) is 0 Å². The van der Waals surface area contributed by atoms with Crippen LogP contribution in [-0.2, 0) is 4.74 Å². The van der Waals surface area contributed by atoms with Gasteiger partial charge in [-0.05, 0) is 20.8 Å². The van der Waals surface area contributed by atoms with Crippen LogP contribution in [0.25, 0.3) is 0 Å². The van der Waals surface area contributed by atoms with Crippen molar-refractivity contribution in [3.05, 3.63) is 0 Å². The Bertz CT molecular complexity index is 123. The summed E-state index contributed by atoms with van der Waals surface area (Å²) in [4.78, 5) is 10.7. The van der Waals surface area contributed by atoms with Crippen LogP contribution < -0.4 is 5.32 Å². The molecule has 0 aromatic rings. The molecule has 0 aromatic carbocycles. The molecule has 0 saturated heterocycles. The molecule has 1 atom stereocenters. The summed E-state index contributed by atoms with van der Waals surface area (Å²) in [7, 11) is 0. The number of hydrogen-bond donors (Lipinski definition) is 2. The molecule has 4 nitrogen and oxygen atoms in total. The van der Waals surface area contributed by atoms with Crippen molar-refractivity contribution in [2.75, 3.05) is 6.61 Å². The molecule has 0 radical (unpaired) electrons. The molecule has 0 spiro atoms. The monoisotopic (exact) mass is 161 g/mol. The number of aliphatic hydroxyl groups is 1. The zero-order chi connectivity index (χ0) is 8.85. The number of carbonyl (C=O) groups is 1. The van der Waals surface area contributed by atoms with E-state index in [1.54, 1.807) is 6.92 Å². The summed E-state index contributed by atoms with van der Waals surface area (Å²) in [6.07, 6.45) is -1.09. The summed E-state index contributed by atoms with van der Waals surface area (Å²) in [6, 6.07) is 0.0662. The minimum atomic E-state index is -0.604. The molecular formula is C7H15NO3. The third-order valence-electron chi connectivity index (χ3n) is 0.862. The SMILES string of the molecule is CC(O)COC(=O)NC(C)C. The lowest BCUT2D eigenvalue weighted by atomic mass is 10.4. The molecule has 66 valence electrons. The van der Waals surface area contributed by atoms with Gasteiger partial charge in [-0.3, -0.25) is 0 Å². The van der Waals surface area contributed by atoms with Crippen LogP contribution in [0.15, 0.2) is 0 Å². The molecule has 0 heterocycles. The van der Waals surface area contributed by atoms with Gasteiger partial charge < -0.3 is 15.2 Å². The zero-order valence-electron chi connectivity index (χ0n) is 7.13. The molecule has 4 heteroatoms. The smallest absolute Gasteiger partial charge is 0.407 e. The van der Waals surface area contributed by atoms with Crippen LogP contribution in [0.4, 0.5) is 4.79 Å². The first kappa shape index (κ1) is 10.2. The molecule has 1 unspecified atom stereocenters. The highest BCUT2D eigenvalue weighted by Gasteiger charge is 2.04. The summed E-state index contributed by atoms with van der Waals surface area (Å²) >= 11 is 0. The van der Waals surface area contributed by atoms with Gasteiger partial charge in [0.15, 0.2) is 0 Å². The molecule has 1 amide bonds. The number of carbonyl (C=O) groups excluding carboxylic acids is 1. The molecule has 0 aliphatic heterocycles. The lowest BCUT2D eigenvalue weighted by molar-refractivity contribution is 0.0769. The summed E-state index contributed by atoms with van der Waals surface area (Å²) < 4.78 is 4.61. The van der Waals surface area contributed by atoms with Crippen molar-refractivity contribution >= 4 is 6.09 Å². The van der Waals surface area contributed by atoms with Crippen LogP contribution in [0.5, 0.6) is 0 Å². The normalized spacial score (nSPS) is 12.8. The predicted molar refractivity (Wildman–Crippen MR) is 41.3 cm³/mol. The fourth-order valence-corrected chi connectivity index (χ4v) is 0.474. The van der Waals surface area contributed by atoms with Gasteiger partial charge >= 0.3 is 6.09 Å². The van der Waals surface area contributed by atoms with Crippen molar-refractivity contribution in [3.8, 4) is 0 Å². The third kappa shape index (κ3) is 7.12. The highest BCUT2D eigenvalue weighted by atomic mass is 16.6.